The normalized spacial score (nSPS) is 26.3. The fraction of sp³-hybridized carbons (Fsp3) is 1.00. The minimum absolute atomic E-state index is 0.661. The highest BCUT2D eigenvalue weighted by Gasteiger charge is 2.25. The molecule has 2 unspecified atom stereocenters. The van der Waals surface area contributed by atoms with Gasteiger partial charge in [-0.05, 0) is 32.7 Å². The van der Waals surface area contributed by atoms with Crippen LogP contribution in [0.4, 0.5) is 0 Å². The first-order chi connectivity index (χ1) is 8.29. The molecule has 0 saturated carbocycles. The first-order valence-electron chi connectivity index (χ1n) is 7.75. The molecule has 2 N–H and O–H groups in total. The number of rotatable bonds is 8. The molecule has 0 aromatic rings. The molecule has 17 heavy (non-hydrogen) atoms. The van der Waals surface area contributed by atoms with Crippen LogP contribution in [0, 0.1) is 0 Å². The maximum atomic E-state index is 5.88. The van der Waals surface area contributed by atoms with Gasteiger partial charge < -0.3 is 5.73 Å². The van der Waals surface area contributed by atoms with Gasteiger partial charge in [0.15, 0.2) is 0 Å². The number of piperidine rings is 1. The zero-order valence-electron chi connectivity index (χ0n) is 12.0. The van der Waals surface area contributed by atoms with E-state index in [0.29, 0.717) is 6.04 Å². The van der Waals surface area contributed by atoms with E-state index in [1.165, 1.54) is 64.3 Å². The number of hydrogen-bond donors (Lipinski definition) is 1. The second-order valence-electron chi connectivity index (χ2n) is 5.68. The molecule has 0 amide bonds. The summed E-state index contributed by atoms with van der Waals surface area (Å²) in [5, 5.41) is 0. The molecule has 0 aromatic heterocycles. The summed E-state index contributed by atoms with van der Waals surface area (Å²) < 4.78 is 0. The molecule has 0 radical (unpaired) electrons. The van der Waals surface area contributed by atoms with Crippen LogP contribution in [0.15, 0.2) is 0 Å². The molecule has 2 heteroatoms. The minimum atomic E-state index is 0.661. The maximum Gasteiger partial charge on any atom is 0.0221 e. The van der Waals surface area contributed by atoms with Crippen molar-refractivity contribution in [3.05, 3.63) is 0 Å². The Bertz CT molecular complexity index is 182. The standard InChI is InChI=1S/C15H32N2/c1-3-4-5-6-7-8-12-17-14(2)10-9-11-15(17)13-16/h14-15H,3-13,16H2,1-2H3. The lowest BCUT2D eigenvalue weighted by Crippen LogP contribution is -2.49. The first-order valence-corrected chi connectivity index (χ1v) is 7.75. The number of unbranched alkanes of at least 4 members (excludes halogenated alkanes) is 5. The lowest BCUT2D eigenvalue weighted by molar-refractivity contribution is 0.0951. The van der Waals surface area contributed by atoms with Crippen LogP contribution in [-0.2, 0) is 0 Å². The van der Waals surface area contributed by atoms with Crippen molar-refractivity contribution in [3.63, 3.8) is 0 Å². The highest BCUT2D eigenvalue weighted by atomic mass is 15.2. The second-order valence-corrected chi connectivity index (χ2v) is 5.68. The highest BCUT2D eigenvalue weighted by Crippen LogP contribution is 2.22. The molecule has 1 aliphatic heterocycles. The third-order valence-electron chi connectivity index (χ3n) is 4.24. The monoisotopic (exact) mass is 240 g/mol. The zero-order chi connectivity index (χ0) is 12.5. The molecular weight excluding hydrogens is 208 g/mol. The fourth-order valence-corrected chi connectivity index (χ4v) is 3.07. The van der Waals surface area contributed by atoms with Crippen LogP contribution in [0.2, 0.25) is 0 Å². The van der Waals surface area contributed by atoms with E-state index in [0.717, 1.165) is 12.6 Å². The zero-order valence-corrected chi connectivity index (χ0v) is 12.0. The molecule has 0 aliphatic carbocycles. The molecular formula is C15H32N2. The Kier molecular flexibility index (Phi) is 7.87. The summed E-state index contributed by atoms with van der Waals surface area (Å²) in [5.41, 5.74) is 5.88. The summed E-state index contributed by atoms with van der Waals surface area (Å²) in [6, 6.07) is 1.42. The van der Waals surface area contributed by atoms with E-state index < -0.39 is 0 Å². The molecule has 0 aromatic carbocycles. The lowest BCUT2D eigenvalue weighted by atomic mass is 9.96. The van der Waals surface area contributed by atoms with E-state index in [2.05, 4.69) is 18.7 Å². The van der Waals surface area contributed by atoms with E-state index in [-0.39, 0.29) is 0 Å². The van der Waals surface area contributed by atoms with Crippen LogP contribution in [0.25, 0.3) is 0 Å². The van der Waals surface area contributed by atoms with Gasteiger partial charge >= 0.3 is 0 Å². The summed E-state index contributed by atoms with van der Waals surface area (Å²) in [4.78, 5) is 2.67. The van der Waals surface area contributed by atoms with E-state index in [4.69, 9.17) is 5.73 Å². The summed E-state index contributed by atoms with van der Waals surface area (Å²) in [6.07, 6.45) is 12.4. The second kappa shape index (κ2) is 8.93. The smallest absolute Gasteiger partial charge is 0.0221 e. The summed E-state index contributed by atoms with van der Waals surface area (Å²) in [5.74, 6) is 0. The average molecular weight is 240 g/mol. The van der Waals surface area contributed by atoms with Crippen molar-refractivity contribution in [2.75, 3.05) is 13.1 Å². The van der Waals surface area contributed by atoms with Gasteiger partial charge in [0.2, 0.25) is 0 Å². The van der Waals surface area contributed by atoms with Crippen LogP contribution in [-0.4, -0.2) is 30.1 Å². The van der Waals surface area contributed by atoms with Gasteiger partial charge in [0.05, 0.1) is 0 Å². The predicted octanol–water partition coefficient (Wildman–Crippen LogP) is 3.55. The average Bonchev–Trinajstić information content (AvgIpc) is 2.35. The van der Waals surface area contributed by atoms with Gasteiger partial charge in [0, 0.05) is 18.6 Å². The highest BCUT2D eigenvalue weighted by molar-refractivity contribution is 4.82. The van der Waals surface area contributed by atoms with Gasteiger partial charge in [-0.3, -0.25) is 4.90 Å². The largest absolute Gasteiger partial charge is 0.329 e. The Balaban J connectivity index is 2.14. The Morgan fingerprint density at radius 1 is 1.06 bits per heavy atom. The molecule has 0 bridgehead atoms. The quantitative estimate of drug-likeness (QED) is 0.657. The third kappa shape index (κ3) is 5.39. The van der Waals surface area contributed by atoms with Gasteiger partial charge in [-0.2, -0.15) is 0 Å². The SMILES string of the molecule is CCCCCCCCN1C(C)CCCC1CN. The van der Waals surface area contributed by atoms with E-state index in [1.54, 1.807) is 0 Å². The number of likely N-dealkylation sites (tertiary alicyclic amines) is 1. The summed E-state index contributed by atoms with van der Waals surface area (Å²) in [6.45, 7) is 6.77. The topological polar surface area (TPSA) is 29.3 Å². The molecule has 1 saturated heterocycles. The Morgan fingerprint density at radius 2 is 1.76 bits per heavy atom. The summed E-state index contributed by atoms with van der Waals surface area (Å²) >= 11 is 0. The van der Waals surface area contributed by atoms with Crippen molar-refractivity contribution in [2.24, 2.45) is 5.73 Å². The van der Waals surface area contributed by atoms with Crippen molar-refractivity contribution < 1.29 is 0 Å². The van der Waals surface area contributed by atoms with Gasteiger partial charge in [-0.25, -0.2) is 0 Å². The molecule has 0 spiro atoms. The van der Waals surface area contributed by atoms with Gasteiger partial charge in [0.25, 0.3) is 0 Å². The van der Waals surface area contributed by atoms with E-state index in [9.17, 15) is 0 Å². The van der Waals surface area contributed by atoms with Crippen molar-refractivity contribution >= 4 is 0 Å². The van der Waals surface area contributed by atoms with Crippen LogP contribution >= 0.6 is 0 Å². The number of hydrogen-bond acceptors (Lipinski definition) is 2. The molecule has 1 fully saturated rings. The van der Waals surface area contributed by atoms with Gasteiger partial charge in [0.1, 0.15) is 0 Å². The lowest BCUT2D eigenvalue weighted by Gasteiger charge is -2.40. The van der Waals surface area contributed by atoms with Crippen molar-refractivity contribution in [2.45, 2.75) is 83.7 Å². The summed E-state index contributed by atoms with van der Waals surface area (Å²) in [7, 11) is 0. The number of nitrogens with two attached hydrogens (primary N) is 1. The third-order valence-corrected chi connectivity index (χ3v) is 4.24. The maximum absolute atomic E-state index is 5.88. The van der Waals surface area contributed by atoms with Gasteiger partial charge in [-0.15, -0.1) is 0 Å². The van der Waals surface area contributed by atoms with Crippen molar-refractivity contribution in [3.8, 4) is 0 Å². The molecule has 2 nitrogen and oxygen atoms in total. The Morgan fingerprint density at radius 3 is 2.47 bits per heavy atom. The van der Waals surface area contributed by atoms with Crippen molar-refractivity contribution in [1.82, 2.24) is 4.90 Å². The van der Waals surface area contributed by atoms with Crippen molar-refractivity contribution in [1.29, 1.82) is 0 Å². The molecule has 2 atom stereocenters. The van der Waals surface area contributed by atoms with Crippen LogP contribution in [0.3, 0.4) is 0 Å². The van der Waals surface area contributed by atoms with Crippen LogP contribution in [0.1, 0.15) is 71.6 Å². The molecule has 1 rings (SSSR count). The predicted molar refractivity (Wildman–Crippen MR) is 76.2 cm³/mol. The molecule has 102 valence electrons. The van der Waals surface area contributed by atoms with E-state index in [1.807, 2.05) is 0 Å². The Hall–Kier alpha value is -0.0800. The van der Waals surface area contributed by atoms with Crippen LogP contribution < -0.4 is 5.73 Å². The van der Waals surface area contributed by atoms with Gasteiger partial charge in [-0.1, -0.05) is 45.4 Å². The van der Waals surface area contributed by atoms with Crippen LogP contribution in [0.5, 0.6) is 0 Å². The fourth-order valence-electron chi connectivity index (χ4n) is 3.07. The van der Waals surface area contributed by atoms with E-state index >= 15 is 0 Å². The Labute approximate surface area is 108 Å². The molecule has 1 aliphatic rings. The minimum Gasteiger partial charge on any atom is -0.329 e. The molecule has 1 heterocycles. The number of nitrogens with zero attached hydrogens (tertiary/aromatic N) is 1. The first kappa shape index (κ1) is 15.0.